The Morgan fingerprint density at radius 1 is 0.947 bits per heavy atom. The second kappa shape index (κ2) is 5.53. The van der Waals surface area contributed by atoms with Crippen molar-refractivity contribution in [1.29, 1.82) is 0 Å². The van der Waals surface area contributed by atoms with E-state index in [-0.39, 0.29) is 0 Å². The molecule has 19 heavy (non-hydrogen) atoms. The summed E-state index contributed by atoms with van der Waals surface area (Å²) < 4.78 is 5.80. The van der Waals surface area contributed by atoms with Crippen LogP contribution in [0, 0.1) is 0 Å². The third kappa shape index (κ3) is 2.91. The smallest absolute Gasteiger partial charge is 0.192 e. The quantitative estimate of drug-likeness (QED) is 0.775. The van der Waals surface area contributed by atoms with Gasteiger partial charge in [-0.05, 0) is 17.2 Å². The summed E-state index contributed by atoms with van der Waals surface area (Å²) in [7, 11) is 0. The molecule has 0 saturated heterocycles. The number of benzene rings is 2. The summed E-state index contributed by atoms with van der Waals surface area (Å²) in [6, 6.07) is 18.2. The highest BCUT2D eigenvalue weighted by atomic mass is 16.5. The Kier molecular flexibility index (Phi) is 3.41. The fourth-order valence-electron chi connectivity index (χ4n) is 2.03. The first-order valence-electron chi connectivity index (χ1n) is 6.42. The molecular weight excluding hydrogens is 234 g/mol. The third-order valence-electron chi connectivity index (χ3n) is 3.02. The molecule has 0 atom stereocenters. The number of hydrogen-bond donors (Lipinski definition) is 0. The van der Waals surface area contributed by atoms with Crippen LogP contribution in [0.3, 0.4) is 0 Å². The average Bonchev–Trinajstić information content (AvgIpc) is 2.68. The molecule has 1 heterocycles. The Balaban J connectivity index is 1.76. The molecule has 2 heteroatoms. The minimum atomic E-state index is 0.565. The van der Waals surface area contributed by atoms with Crippen molar-refractivity contribution in [2.24, 2.45) is 4.99 Å². The van der Waals surface area contributed by atoms with E-state index in [1.165, 1.54) is 0 Å². The summed E-state index contributed by atoms with van der Waals surface area (Å²) in [6.07, 6.45) is 4.93. The van der Waals surface area contributed by atoms with Gasteiger partial charge in [0.1, 0.15) is 6.61 Å². The van der Waals surface area contributed by atoms with Gasteiger partial charge in [-0.1, -0.05) is 60.7 Å². The van der Waals surface area contributed by atoms with Gasteiger partial charge in [-0.15, -0.1) is 0 Å². The molecule has 94 valence electrons. The summed E-state index contributed by atoms with van der Waals surface area (Å²) in [5.74, 6) is 0.769. The van der Waals surface area contributed by atoms with E-state index in [9.17, 15) is 0 Å². The summed E-state index contributed by atoms with van der Waals surface area (Å²) in [5, 5.41) is 0. The van der Waals surface area contributed by atoms with Crippen LogP contribution in [-0.2, 0) is 11.3 Å². The summed E-state index contributed by atoms with van der Waals surface area (Å²) in [5.41, 5.74) is 3.27. The number of hydrogen-bond acceptors (Lipinski definition) is 2. The van der Waals surface area contributed by atoms with Crippen molar-refractivity contribution >= 4 is 17.7 Å². The van der Waals surface area contributed by atoms with Crippen LogP contribution in [0.4, 0.5) is 5.69 Å². The molecule has 0 saturated carbocycles. The second-order valence-electron chi connectivity index (χ2n) is 4.45. The Morgan fingerprint density at radius 2 is 1.74 bits per heavy atom. The van der Waals surface area contributed by atoms with Crippen LogP contribution in [-0.4, -0.2) is 5.90 Å². The first-order chi connectivity index (χ1) is 9.42. The van der Waals surface area contributed by atoms with Crippen molar-refractivity contribution in [3.63, 3.8) is 0 Å². The Morgan fingerprint density at radius 3 is 2.63 bits per heavy atom. The molecule has 0 unspecified atom stereocenters. The van der Waals surface area contributed by atoms with Crippen LogP contribution in [0.1, 0.15) is 17.5 Å². The molecule has 0 aromatic heterocycles. The van der Waals surface area contributed by atoms with Crippen LogP contribution in [0.25, 0.3) is 6.08 Å². The van der Waals surface area contributed by atoms with E-state index in [0.29, 0.717) is 6.61 Å². The van der Waals surface area contributed by atoms with Gasteiger partial charge in [-0.2, -0.15) is 0 Å². The van der Waals surface area contributed by atoms with Crippen molar-refractivity contribution in [1.82, 2.24) is 0 Å². The number of fused-ring (bicyclic) bond motifs is 1. The van der Waals surface area contributed by atoms with E-state index < -0.39 is 0 Å². The Bertz CT molecular complexity index is 614. The largest absolute Gasteiger partial charge is 0.476 e. The van der Waals surface area contributed by atoms with Gasteiger partial charge in [0.2, 0.25) is 0 Å². The molecule has 0 radical (unpaired) electrons. The zero-order valence-corrected chi connectivity index (χ0v) is 10.6. The van der Waals surface area contributed by atoms with E-state index >= 15 is 0 Å². The van der Waals surface area contributed by atoms with Crippen LogP contribution in [0.15, 0.2) is 65.7 Å². The van der Waals surface area contributed by atoms with Crippen molar-refractivity contribution < 1.29 is 4.74 Å². The van der Waals surface area contributed by atoms with Gasteiger partial charge in [0, 0.05) is 6.42 Å². The summed E-state index contributed by atoms with van der Waals surface area (Å²) >= 11 is 0. The Hall–Kier alpha value is -2.35. The molecule has 0 bridgehead atoms. The molecule has 2 aromatic rings. The lowest BCUT2D eigenvalue weighted by molar-refractivity contribution is 0.287. The lowest BCUT2D eigenvalue weighted by atomic mass is 10.2. The molecule has 0 N–H and O–H groups in total. The van der Waals surface area contributed by atoms with E-state index in [4.69, 9.17) is 4.74 Å². The first kappa shape index (κ1) is 11.7. The van der Waals surface area contributed by atoms with E-state index in [2.05, 4.69) is 35.3 Å². The number of rotatable bonds is 2. The maximum atomic E-state index is 5.80. The predicted octanol–water partition coefficient (Wildman–Crippen LogP) is 4.35. The van der Waals surface area contributed by atoms with Gasteiger partial charge >= 0.3 is 0 Å². The zero-order valence-electron chi connectivity index (χ0n) is 10.6. The predicted molar refractivity (Wildman–Crippen MR) is 78.4 cm³/mol. The van der Waals surface area contributed by atoms with Crippen molar-refractivity contribution in [3.8, 4) is 0 Å². The molecule has 0 amide bonds. The minimum Gasteiger partial charge on any atom is -0.476 e. The highest BCUT2D eigenvalue weighted by molar-refractivity contribution is 5.85. The molecular formula is C17H15NO. The molecule has 3 rings (SSSR count). The van der Waals surface area contributed by atoms with E-state index in [0.717, 1.165) is 29.1 Å². The number of aliphatic imine (C=N–C) groups is 1. The molecule has 0 aliphatic carbocycles. The lowest BCUT2D eigenvalue weighted by Gasteiger charge is -2.07. The van der Waals surface area contributed by atoms with Gasteiger partial charge in [0.05, 0.1) is 5.69 Å². The number of nitrogens with zero attached hydrogens (tertiary/aromatic N) is 1. The van der Waals surface area contributed by atoms with Crippen LogP contribution < -0.4 is 0 Å². The number of ether oxygens (including phenoxy) is 1. The average molecular weight is 249 g/mol. The monoisotopic (exact) mass is 249 g/mol. The topological polar surface area (TPSA) is 21.6 Å². The normalized spacial score (nSPS) is 13.4. The Labute approximate surface area is 113 Å². The van der Waals surface area contributed by atoms with E-state index in [1.807, 2.05) is 36.4 Å². The highest BCUT2D eigenvalue weighted by Gasteiger charge is 2.06. The molecule has 2 nitrogen and oxygen atoms in total. The summed E-state index contributed by atoms with van der Waals surface area (Å²) in [4.78, 5) is 4.59. The number of para-hydroxylation sites is 1. The molecule has 1 aliphatic heterocycles. The fourth-order valence-corrected chi connectivity index (χ4v) is 2.03. The minimum absolute atomic E-state index is 0.565. The zero-order chi connectivity index (χ0) is 12.9. The molecule has 1 aliphatic rings. The van der Waals surface area contributed by atoms with Crippen molar-refractivity contribution in [2.75, 3.05) is 0 Å². The highest BCUT2D eigenvalue weighted by Crippen LogP contribution is 2.24. The molecule has 0 spiro atoms. The van der Waals surface area contributed by atoms with Gasteiger partial charge in [0.25, 0.3) is 0 Å². The summed E-state index contributed by atoms with van der Waals surface area (Å²) in [6.45, 7) is 0.565. The van der Waals surface area contributed by atoms with Crippen molar-refractivity contribution in [2.45, 2.75) is 13.0 Å². The lowest BCUT2D eigenvalue weighted by Crippen LogP contribution is -2.03. The maximum Gasteiger partial charge on any atom is 0.192 e. The first-order valence-corrected chi connectivity index (χ1v) is 6.42. The maximum absolute atomic E-state index is 5.80. The molecule has 0 fully saturated rings. The van der Waals surface area contributed by atoms with Gasteiger partial charge in [0.15, 0.2) is 5.90 Å². The standard InChI is InChI=1S/C17H15NO/c1-2-7-14(8-3-1)13-19-17-12-6-10-15-9-4-5-11-16(15)18-17/h1-11H,12-13H2. The molecule has 2 aromatic carbocycles. The van der Waals surface area contributed by atoms with Crippen LogP contribution in [0.5, 0.6) is 0 Å². The third-order valence-corrected chi connectivity index (χ3v) is 3.02. The van der Waals surface area contributed by atoms with Gasteiger partial charge in [-0.3, -0.25) is 0 Å². The van der Waals surface area contributed by atoms with Crippen LogP contribution in [0.2, 0.25) is 0 Å². The van der Waals surface area contributed by atoms with E-state index in [1.54, 1.807) is 0 Å². The van der Waals surface area contributed by atoms with Gasteiger partial charge < -0.3 is 4.74 Å². The van der Waals surface area contributed by atoms with Gasteiger partial charge in [-0.25, -0.2) is 4.99 Å². The second-order valence-corrected chi connectivity index (χ2v) is 4.45. The van der Waals surface area contributed by atoms with Crippen LogP contribution >= 0.6 is 0 Å². The fraction of sp³-hybridized carbons (Fsp3) is 0.118. The van der Waals surface area contributed by atoms with Crippen molar-refractivity contribution in [3.05, 3.63) is 71.8 Å². The SMILES string of the molecule is C1=Cc2ccccc2N=C(OCc2ccccc2)C1.